The van der Waals surface area contributed by atoms with Gasteiger partial charge in [0.1, 0.15) is 12.0 Å². The molecule has 0 radical (unpaired) electrons. The van der Waals surface area contributed by atoms with E-state index in [4.69, 9.17) is 0 Å². The number of aliphatic carboxylic acids is 1. The predicted molar refractivity (Wildman–Crippen MR) is 70.4 cm³/mol. The van der Waals surface area contributed by atoms with Gasteiger partial charge in [0.2, 0.25) is 0 Å². The zero-order valence-electron chi connectivity index (χ0n) is 11.9. The molecule has 2 fully saturated rings. The second-order valence-corrected chi connectivity index (χ2v) is 6.32. The molecule has 20 heavy (non-hydrogen) atoms. The number of carboxylic acid groups (broad SMARTS) is 1. The van der Waals surface area contributed by atoms with E-state index in [1.54, 1.807) is 0 Å². The molecule has 2 atom stereocenters. The lowest BCUT2D eigenvalue weighted by atomic mass is 9.86. The molecule has 0 aromatic carbocycles. The van der Waals surface area contributed by atoms with Gasteiger partial charge < -0.3 is 14.4 Å². The predicted octanol–water partition coefficient (Wildman–Crippen LogP) is 1.45. The number of rotatable bonds is 4. The first-order valence-corrected chi connectivity index (χ1v) is 7.29. The maximum Gasteiger partial charge on any atom is 0.312 e. The molecule has 1 aliphatic carbocycles. The molecule has 1 N–H and O–H groups in total. The van der Waals surface area contributed by atoms with Gasteiger partial charge in [-0.15, -0.1) is 10.1 Å². The Labute approximate surface area is 118 Å². The largest absolute Gasteiger partial charge is 0.481 e. The van der Waals surface area contributed by atoms with E-state index in [0.717, 1.165) is 36.7 Å². The number of carbonyl (C=O) groups is 1. The van der Waals surface area contributed by atoms with Gasteiger partial charge in [-0.1, -0.05) is 0 Å². The minimum absolute atomic E-state index is 0.249. The third kappa shape index (κ3) is 3.39. The smallest absolute Gasteiger partial charge is 0.312 e. The van der Waals surface area contributed by atoms with Crippen molar-refractivity contribution < 1.29 is 24.3 Å². The third-order valence-corrected chi connectivity index (χ3v) is 4.97. The molecular formula is C13H23N2O5+. The number of carboxylic acids is 1. The van der Waals surface area contributed by atoms with Crippen LogP contribution in [0.2, 0.25) is 0 Å². The van der Waals surface area contributed by atoms with Crippen LogP contribution in [0.3, 0.4) is 0 Å². The van der Waals surface area contributed by atoms with Crippen molar-refractivity contribution >= 4 is 5.97 Å². The zero-order valence-corrected chi connectivity index (χ0v) is 11.9. The molecule has 2 aliphatic rings. The topological polar surface area (TPSA) is 89.7 Å². The molecule has 2 rings (SSSR count). The second-order valence-electron chi connectivity index (χ2n) is 6.32. The average molecular weight is 287 g/mol. The van der Waals surface area contributed by atoms with E-state index in [9.17, 15) is 20.0 Å². The molecule has 2 unspecified atom stereocenters. The standard InChI is InChI=1S/C13H22N2O5/c1-15(8-2-3-10(9-15)13(16)17)11-4-6-12(7-5-11)20-14(18)19/h10-12H,2-9H2,1H3/p+1. The van der Waals surface area contributed by atoms with E-state index in [-0.39, 0.29) is 12.0 Å². The summed E-state index contributed by atoms with van der Waals surface area (Å²) in [7, 11) is 2.13. The molecular weight excluding hydrogens is 264 g/mol. The summed E-state index contributed by atoms with van der Waals surface area (Å²) in [5.41, 5.74) is 0. The maximum absolute atomic E-state index is 11.2. The summed E-state index contributed by atoms with van der Waals surface area (Å²) in [5.74, 6) is -0.944. The van der Waals surface area contributed by atoms with E-state index in [0.29, 0.717) is 25.4 Å². The summed E-state index contributed by atoms with van der Waals surface area (Å²) in [6, 6.07) is 0.406. The van der Waals surface area contributed by atoms with Crippen LogP contribution in [-0.2, 0) is 9.63 Å². The molecule has 0 aromatic rings. The summed E-state index contributed by atoms with van der Waals surface area (Å²) >= 11 is 0. The monoisotopic (exact) mass is 287 g/mol. The molecule has 0 spiro atoms. The minimum Gasteiger partial charge on any atom is -0.481 e. The Balaban J connectivity index is 1.91. The van der Waals surface area contributed by atoms with Crippen LogP contribution in [0.25, 0.3) is 0 Å². The van der Waals surface area contributed by atoms with Crippen molar-refractivity contribution in [1.82, 2.24) is 0 Å². The van der Waals surface area contributed by atoms with Crippen LogP contribution >= 0.6 is 0 Å². The third-order valence-electron chi connectivity index (χ3n) is 4.97. The van der Waals surface area contributed by atoms with Gasteiger partial charge >= 0.3 is 5.97 Å². The van der Waals surface area contributed by atoms with Gasteiger partial charge in [0.15, 0.2) is 0 Å². The fourth-order valence-corrected chi connectivity index (χ4v) is 3.81. The van der Waals surface area contributed by atoms with Crippen LogP contribution in [0, 0.1) is 16.0 Å². The van der Waals surface area contributed by atoms with Crippen molar-refractivity contribution in [3.05, 3.63) is 10.1 Å². The highest BCUT2D eigenvalue weighted by molar-refractivity contribution is 5.70. The quantitative estimate of drug-likeness (QED) is 0.480. The number of nitrogens with zero attached hydrogens (tertiary/aromatic N) is 2. The van der Waals surface area contributed by atoms with Gasteiger partial charge in [-0.05, 0) is 25.7 Å². The van der Waals surface area contributed by atoms with Gasteiger partial charge in [-0.2, -0.15) is 0 Å². The molecule has 114 valence electrons. The van der Waals surface area contributed by atoms with Crippen molar-refractivity contribution in [2.45, 2.75) is 50.7 Å². The summed E-state index contributed by atoms with van der Waals surface area (Å²) in [6.07, 6.45) is 4.56. The molecule has 0 bridgehead atoms. The number of likely N-dealkylation sites (tertiary alicyclic amines) is 1. The summed E-state index contributed by atoms with van der Waals surface area (Å²) in [5, 5.41) is 18.8. The highest BCUT2D eigenvalue weighted by Crippen LogP contribution is 2.33. The highest BCUT2D eigenvalue weighted by atomic mass is 17.0. The molecule has 1 saturated carbocycles. The van der Waals surface area contributed by atoms with Crippen LogP contribution < -0.4 is 0 Å². The zero-order chi connectivity index (χ0) is 14.8. The fourth-order valence-electron chi connectivity index (χ4n) is 3.81. The maximum atomic E-state index is 11.2. The van der Waals surface area contributed by atoms with Crippen LogP contribution in [0.4, 0.5) is 0 Å². The Morgan fingerprint density at radius 2 is 1.95 bits per heavy atom. The van der Waals surface area contributed by atoms with Crippen LogP contribution in [-0.4, -0.2) is 52.9 Å². The van der Waals surface area contributed by atoms with Crippen molar-refractivity contribution in [3.63, 3.8) is 0 Å². The van der Waals surface area contributed by atoms with Gasteiger partial charge in [-0.3, -0.25) is 4.79 Å². The van der Waals surface area contributed by atoms with Crippen LogP contribution in [0.15, 0.2) is 0 Å². The molecule has 1 aliphatic heterocycles. The highest BCUT2D eigenvalue weighted by Gasteiger charge is 2.42. The van der Waals surface area contributed by atoms with Crippen molar-refractivity contribution in [2.24, 2.45) is 5.92 Å². The van der Waals surface area contributed by atoms with Crippen molar-refractivity contribution in [3.8, 4) is 0 Å². The summed E-state index contributed by atoms with van der Waals surface area (Å²) in [6.45, 7) is 1.69. The Kier molecular flexibility index (Phi) is 4.47. The number of piperidine rings is 1. The molecule has 1 saturated heterocycles. The van der Waals surface area contributed by atoms with Crippen molar-refractivity contribution in [2.75, 3.05) is 20.1 Å². The van der Waals surface area contributed by atoms with E-state index >= 15 is 0 Å². The first kappa shape index (κ1) is 15.0. The van der Waals surface area contributed by atoms with E-state index in [1.165, 1.54) is 0 Å². The van der Waals surface area contributed by atoms with Gasteiger partial charge in [-0.25, -0.2) is 0 Å². The fraction of sp³-hybridized carbons (Fsp3) is 0.923. The molecule has 7 nitrogen and oxygen atoms in total. The van der Waals surface area contributed by atoms with Gasteiger partial charge in [0, 0.05) is 12.8 Å². The Morgan fingerprint density at radius 1 is 1.30 bits per heavy atom. The lowest BCUT2D eigenvalue weighted by Gasteiger charge is -2.47. The number of hydrogen-bond donors (Lipinski definition) is 1. The molecule has 0 amide bonds. The lowest BCUT2D eigenvalue weighted by molar-refractivity contribution is -0.941. The molecule has 0 aromatic heterocycles. The normalized spacial score (nSPS) is 38.1. The van der Waals surface area contributed by atoms with Crippen LogP contribution in [0.5, 0.6) is 0 Å². The second kappa shape index (κ2) is 5.95. The Bertz CT molecular complexity index is 381. The summed E-state index contributed by atoms with van der Waals surface area (Å²) in [4.78, 5) is 26.2. The van der Waals surface area contributed by atoms with Crippen molar-refractivity contribution in [1.29, 1.82) is 0 Å². The minimum atomic E-state index is -0.706. The van der Waals surface area contributed by atoms with E-state index < -0.39 is 11.1 Å². The Hall–Kier alpha value is -1.37. The van der Waals surface area contributed by atoms with Crippen LogP contribution in [0.1, 0.15) is 38.5 Å². The SMILES string of the molecule is C[N+]1(C2CCC(O[N+](=O)[O-])CC2)CCCC(C(=O)O)C1. The summed E-state index contributed by atoms with van der Waals surface area (Å²) < 4.78 is 0.794. The first-order valence-electron chi connectivity index (χ1n) is 7.29. The molecule has 1 heterocycles. The number of quaternary nitrogens is 1. The molecule has 7 heteroatoms. The van der Waals surface area contributed by atoms with Gasteiger partial charge in [0.25, 0.3) is 5.09 Å². The lowest BCUT2D eigenvalue weighted by Crippen LogP contribution is -2.59. The van der Waals surface area contributed by atoms with E-state index in [2.05, 4.69) is 11.9 Å². The van der Waals surface area contributed by atoms with E-state index in [1.807, 2.05) is 0 Å². The van der Waals surface area contributed by atoms with Gasteiger partial charge in [0.05, 0.1) is 26.2 Å². The first-order chi connectivity index (χ1) is 9.40. The Morgan fingerprint density at radius 3 is 2.50 bits per heavy atom. The average Bonchev–Trinajstić information content (AvgIpc) is 2.38. The number of hydrogen-bond acceptors (Lipinski definition) is 4.